The van der Waals surface area contributed by atoms with Crippen LogP contribution in [0.3, 0.4) is 0 Å². The van der Waals surface area contributed by atoms with Crippen LogP contribution >= 0.6 is 0 Å². The highest BCUT2D eigenvalue weighted by atomic mass is 14.0. The van der Waals surface area contributed by atoms with E-state index < -0.39 is 0 Å². The normalized spacial score (nSPS) is 5.00. The molecule has 0 aliphatic carbocycles. The van der Waals surface area contributed by atoms with Crippen LogP contribution in [-0.2, 0) is 0 Å². The van der Waals surface area contributed by atoms with Crippen molar-refractivity contribution in [2.24, 2.45) is 0 Å². The molecule has 0 bridgehead atoms. The van der Waals surface area contributed by atoms with Gasteiger partial charge in [-0.1, -0.05) is 14.9 Å². The molecule has 0 fully saturated rings. The summed E-state index contributed by atoms with van der Waals surface area (Å²) in [6.45, 7) is 0. The molecular weight excluding hydrogens is 94.1 g/mol. The Balaban J connectivity index is -0.00000000500. The van der Waals surface area contributed by atoms with Gasteiger partial charge < -0.3 is 30.7 Å². The third kappa shape index (κ3) is 2090. The predicted octanol–water partition coefficient (Wildman–Crippen LogP) is 2.08. The van der Waals surface area contributed by atoms with Gasteiger partial charge in [0.25, 0.3) is 0 Å². The average Bonchev–Trinajstić information content (AvgIpc) is 2.20. The molecule has 5 nitrogen and oxygen atoms in total. The van der Waals surface area contributed by atoms with E-state index in [0.29, 0.717) is 0 Å². The Hall–Kier alpha value is -0.200. The van der Waals surface area contributed by atoms with Crippen molar-refractivity contribution in [2.75, 3.05) is 0 Å². The molecule has 0 unspecified atom stereocenters. The van der Waals surface area contributed by atoms with E-state index in [-0.39, 0.29) is 14.9 Å². The van der Waals surface area contributed by atoms with Crippen molar-refractivity contribution in [1.82, 2.24) is 30.7 Å². The summed E-state index contributed by atoms with van der Waals surface area (Å²) in [6, 6.07) is 0. The first-order valence-electron chi connectivity index (χ1n) is 2.89. The van der Waals surface area contributed by atoms with E-state index in [4.69, 9.17) is 7.06 Å². The highest BCUT2D eigenvalue weighted by molar-refractivity contribution is 2.50. The molecule has 0 radical (unpaired) electrons. The molecule has 56 valence electrons. The minimum absolute atomic E-state index is 0. The monoisotopic (exact) mass is 122 g/mol. The maximum atomic E-state index is 5.25. The molecule has 7 heavy (non-hydrogen) atoms. The quantitative estimate of drug-likeness (QED) is 0.330. The predicted molar refractivity (Wildman–Crippen MR) is 38.6 cm³/mol. The lowest BCUT2D eigenvalue weighted by molar-refractivity contribution is 2.13. The van der Waals surface area contributed by atoms with Crippen molar-refractivity contribution in [1.29, 1.82) is 0 Å². The van der Waals surface area contributed by atoms with Gasteiger partial charge in [-0.3, -0.25) is 0 Å². The fourth-order valence-electron chi connectivity index (χ4n) is 0. The van der Waals surface area contributed by atoms with E-state index >= 15 is 0 Å². The van der Waals surface area contributed by atoms with E-state index in [0.717, 1.165) is 0 Å². The molecule has 0 aliphatic heterocycles. The lowest BCUT2D eigenvalue weighted by Gasteiger charge is -0.345. The Morgan fingerprint density at radius 2 is 0.571 bits per heavy atom. The summed E-state index contributed by atoms with van der Waals surface area (Å²) in [5.41, 5.74) is 0. The Labute approximate surface area is 54.1 Å². The van der Waals surface area contributed by atoms with E-state index in [1.165, 1.54) is 0 Å². The highest BCUT2D eigenvalue weighted by Gasteiger charge is -0.0765. The molecule has 0 saturated carbocycles. The van der Waals surface area contributed by atoms with Crippen LogP contribution in [-0.4, -0.2) is 0 Å². The highest BCUT2D eigenvalue weighted by Crippen LogP contribution is 0.145. The molecule has 0 spiro atoms. The van der Waals surface area contributed by atoms with Gasteiger partial charge in [-0.05, 0) is 0 Å². The van der Waals surface area contributed by atoms with Crippen molar-refractivity contribution < 1.29 is 7.06 Å². The second-order valence-corrected chi connectivity index (χ2v) is 0. The largest absolute Gasteiger partial charge is 0.344 e. The molecule has 0 aromatic carbocycles. The zero-order chi connectivity index (χ0) is 10.0. The van der Waals surface area contributed by atoms with Crippen LogP contribution in [0.1, 0.15) is 14.9 Å². The van der Waals surface area contributed by atoms with E-state index in [1.807, 2.05) is 0 Å². The summed E-state index contributed by atoms with van der Waals surface area (Å²) >= 11 is 0. The SMILES string of the molecule is C.C.[2H]N.[2H]N.[2H]N.[2H]N.[2H]N. The fraction of sp³-hybridized carbons (Fsp3) is 1.00. The van der Waals surface area contributed by atoms with Crippen LogP contribution in [0.25, 0.3) is 0 Å². The third-order valence-corrected chi connectivity index (χ3v) is 0. The van der Waals surface area contributed by atoms with Crippen molar-refractivity contribution in [3.63, 3.8) is 0 Å². The van der Waals surface area contributed by atoms with Crippen LogP contribution in [0, 0.1) is 0 Å². The topological polar surface area (TPSA) is 175 Å². The first kappa shape index (κ1) is 9.93. The smallest absolute Gasteiger partial charge is 0.115 e. The first-order valence-corrected chi connectivity index (χ1v) is 0. The van der Waals surface area contributed by atoms with Crippen molar-refractivity contribution >= 4 is 0 Å². The van der Waals surface area contributed by atoms with E-state index in [1.54, 1.807) is 0 Å². The molecule has 0 heterocycles. The van der Waals surface area contributed by atoms with Gasteiger partial charge in [0.05, 0.1) is 0 Å². The van der Waals surface area contributed by atoms with Crippen molar-refractivity contribution in [2.45, 2.75) is 14.9 Å². The standard InChI is InChI=1S/2CH4.5H3N/h2*1H4;5*1H3/i/hD5. The zero-order valence-electron chi connectivity index (χ0n) is 7.89. The van der Waals surface area contributed by atoms with Crippen LogP contribution < -0.4 is 30.7 Å². The summed E-state index contributed by atoms with van der Waals surface area (Å²) in [7, 11) is 0. The van der Waals surface area contributed by atoms with E-state index in [2.05, 4.69) is 30.7 Å². The Morgan fingerprint density at radius 1 is 0.571 bits per heavy atom. The van der Waals surface area contributed by atoms with Gasteiger partial charge in [0.15, 0.2) is 0 Å². The number of rotatable bonds is 0. The van der Waals surface area contributed by atoms with Gasteiger partial charge in [-0.15, -0.1) is 0 Å². The molecule has 0 atom stereocenters. The maximum absolute atomic E-state index is 5.25. The summed E-state index contributed by atoms with van der Waals surface area (Å²) < 4.78 is 26.2. The lowest BCUT2D eigenvalue weighted by Crippen LogP contribution is -0.482. The van der Waals surface area contributed by atoms with Crippen LogP contribution in [0.4, 0.5) is 0 Å². The summed E-state index contributed by atoms with van der Waals surface area (Å²) in [5.74, 6) is 0. The van der Waals surface area contributed by atoms with Gasteiger partial charge >= 0.3 is 0 Å². The Bertz CT molecular complexity index is 17.8. The summed E-state index contributed by atoms with van der Waals surface area (Å²) in [6.07, 6.45) is 18.8. The molecule has 5 heteroatoms. The second kappa shape index (κ2) is 3340. The molecule has 0 rings (SSSR count). The second-order valence-electron chi connectivity index (χ2n) is 0. The Morgan fingerprint density at radius 3 is 0.571 bits per heavy atom. The molecule has 0 amide bonds. The molecular formula is C2H23N5. The van der Waals surface area contributed by atoms with Crippen LogP contribution in [0.2, 0.25) is 7.06 Å². The minimum Gasteiger partial charge on any atom is -0.344 e. The maximum Gasteiger partial charge on any atom is 0.115 e. The number of hydrogen-bond donors (Lipinski definition) is 5. The van der Waals surface area contributed by atoms with Crippen LogP contribution in [0.5, 0.6) is 0 Å². The van der Waals surface area contributed by atoms with Gasteiger partial charge in [0.2, 0.25) is 0 Å². The third-order valence-electron chi connectivity index (χ3n) is 0. The molecule has 15 N–H and O–H groups in total. The van der Waals surface area contributed by atoms with Gasteiger partial charge in [0, 0.05) is 0 Å². The van der Waals surface area contributed by atoms with Gasteiger partial charge in [-0.2, -0.15) is 0 Å². The van der Waals surface area contributed by atoms with Crippen molar-refractivity contribution in [3.05, 3.63) is 0 Å². The molecule has 0 aromatic rings. The van der Waals surface area contributed by atoms with Gasteiger partial charge in [0.1, 0.15) is 7.06 Å². The summed E-state index contributed by atoms with van der Waals surface area (Å²) in [4.78, 5) is 0. The van der Waals surface area contributed by atoms with E-state index in [9.17, 15) is 0 Å². The minimum atomic E-state index is 0. The van der Waals surface area contributed by atoms with Crippen molar-refractivity contribution in [3.8, 4) is 0 Å². The molecule has 0 aromatic heterocycles. The molecule has 0 aliphatic rings. The Kier molecular flexibility index (Phi) is 4740. The lowest BCUT2D eigenvalue weighted by atomic mass is 12.0. The number of hydrogen-bond acceptors (Lipinski definition) is 5. The fourth-order valence-corrected chi connectivity index (χ4v) is 0. The van der Waals surface area contributed by atoms with Gasteiger partial charge in [-0.25, -0.2) is 0 Å². The average molecular weight is 122 g/mol. The molecule has 0 saturated heterocycles. The zero-order valence-corrected chi connectivity index (χ0v) is 2.89. The first-order chi connectivity index (χ1) is 5.00. The van der Waals surface area contributed by atoms with Crippen LogP contribution in [0.15, 0.2) is 0 Å². The summed E-state index contributed by atoms with van der Waals surface area (Å²) in [5, 5.41) is 0.